The molecule has 0 aliphatic carbocycles. The molecule has 1 unspecified atom stereocenters. The van der Waals surface area contributed by atoms with E-state index in [0.29, 0.717) is 13.1 Å². The number of unbranched alkanes of at least 4 members (excludes halogenated alkanes) is 1. The van der Waals surface area contributed by atoms with E-state index in [-0.39, 0.29) is 154 Å². The first-order valence-electron chi connectivity index (χ1n) is 4.21. The molecule has 1 atom stereocenters. The molecule has 0 aromatic rings. The first-order chi connectivity index (χ1) is 6.12. The summed E-state index contributed by atoms with van der Waals surface area (Å²) >= 11 is 0. The van der Waals surface area contributed by atoms with E-state index in [4.69, 9.17) is 10.6 Å². The van der Waals surface area contributed by atoms with Crippen LogP contribution in [0.1, 0.15) is 19.8 Å². The Kier molecular flexibility index (Phi) is 57.6. The van der Waals surface area contributed by atoms with Crippen molar-refractivity contribution in [2.75, 3.05) is 19.7 Å². The van der Waals surface area contributed by atoms with Crippen molar-refractivity contribution < 1.29 is 18.6 Å². The van der Waals surface area contributed by atoms with Crippen LogP contribution in [-0.2, 0) is 13.7 Å². The van der Waals surface area contributed by atoms with Gasteiger partial charge in [0, 0.05) is 13.1 Å². The third-order valence-corrected chi connectivity index (χ3v) is 2.05. The van der Waals surface area contributed by atoms with Crippen molar-refractivity contribution in [3.05, 3.63) is 0 Å². The summed E-state index contributed by atoms with van der Waals surface area (Å²) in [5.74, 6) is 0. The Balaban J connectivity index is -0.0000000720. The number of hydrogen-bond donors (Lipinski definition) is 3. The second kappa shape index (κ2) is 26.9. The summed E-state index contributed by atoms with van der Waals surface area (Å²) < 4.78 is 19.9. The van der Waals surface area contributed by atoms with Gasteiger partial charge in [0.1, 0.15) is 0 Å². The molecule has 12 heteroatoms. The topological polar surface area (TPSA) is 93.8 Å². The Labute approximate surface area is 220 Å². The van der Waals surface area contributed by atoms with Crippen LogP contribution in [0.4, 0.5) is 0 Å². The zero-order chi connectivity index (χ0) is 10.2. The molecule has 0 bridgehead atoms. The summed E-state index contributed by atoms with van der Waals surface area (Å²) in [5, 5.41) is 0. The summed E-state index contributed by atoms with van der Waals surface area (Å²) in [4.78, 5) is 8.98. The van der Waals surface area contributed by atoms with Crippen LogP contribution < -0.4 is 11.2 Å². The zero-order valence-electron chi connectivity index (χ0n) is 7.73. The van der Waals surface area contributed by atoms with E-state index in [9.17, 15) is 4.57 Å². The van der Waals surface area contributed by atoms with Crippen LogP contribution in [0.15, 0.2) is 0 Å². The molecule has 0 spiro atoms. The minimum atomic E-state index is -3.92. The molecule has 0 amide bonds. The number of nitrogens with two attached hydrogens (primary N) is 1. The van der Waals surface area contributed by atoms with E-state index in [1.807, 2.05) is 6.92 Å². The molecule has 0 saturated heterocycles. The summed E-state index contributed by atoms with van der Waals surface area (Å²) in [6, 6.07) is 0. The average Bonchev–Trinajstić information content (AvgIpc) is 2.05. The molecule has 0 aliphatic heterocycles. The van der Waals surface area contributed by atoms with Crippen LogP contribution in [0.2, 0.25) is 0 Å². The van der Waals surface area contributed by atoms with Gasteiger partial charge >= 0.3 is 156 Å². The number of hydrogen-bond acceptors (Lipinski definition) is 5. The molecule has 0 heterocycles. The Morgan fingerprint density at radius 3 is 2.11 bits per heavy atom. The van der Waals surface area contributed by atoms with Crippen molar-refractivity contribution in [3.8, 4) is 0 Å². The van der Waals surface area contributed by atoms with Crippen molar-refractivity contribution >= 4 is 156 Å². The maximum atomic E-state index is 11.0. The van der Waals surface area contributed by atoms with Crippen LogP contribution in [0.5, 0.6) is 0 Å². The third kappa shape index (κ3) is 29.1. The average molecular weight is 332 g/mol. The van der Waals surface area contributed by atoms with Gasteiger partial charge in [0.2, 0.25) is 0 Å². The van der Waals surface area contributed by atoms with Crippen LogP contribution in [0.25, 0.3) is 0 Å². The summed E-state index contributed by atoms with van der Waals surface area (Å²) in [6.45, 7) is 2.81. The van der Waals surface area contributed by atoms with E-state index in [1.165, 1.54) is 0 Å². The van der Waals surface area contributed by atoms with E-state index >= 15 is 0 Å². The number of phosphoric ester groups is 1. The van der Waals surface area contributed by atoms with Gasteiger partial charge < -0.3 is 10.6 Å². The summed E-state index contributed by atoms with van der Waals surface area (Å²) in [5.41, 5.74) is 7.36. The first-order valence-corrected chi connectivity index (χ1v) is 5.70. The van der Waals surface area contributed by atoms with Crippen molar-refractivity contribution in [3.63, 3.8) is 0 Å². The molecule has 0 aromatic carbocycles. The normalized spacial score (nSPS) is 11.3. The molecular formula is C6H22N2Na5O4P. The number of hydroxylamine groups is 1. The van der Waals surface area contributed by atoms with Gasteiger partial charge in [0.05, 0.1) is 6.61 Å². The fourth-order valence-corrected chi connectivity index (χ4v) is 1.20. The van der Waals surface area contributed by atoms with Gasteiger partial charge in [-0.3, -0.25) is 4.52 Å². The molecule has 6 nitrogen and oxygen atoms in total. The second-order valence-electron chi connectivity index (χ2n) is 2.43. The minimum absolute atomic E-state index is 0. The van der Waals surface area contributed by atoms with Gasteiger partial charge in [-0.1, -0.05) is 13.3 Å². The van der Waals surface area contributed by atoms with Gasteiger partial charge in [-0.25, -0.2) is 4.57 Å². The monoisotopic (exact) mass is 332 g/mol. The molecule has 0 fully saturated rings. The van der Waals surface area contributed by atoms with Crippen molar-refractivity contribution in [2.24, 2.45) is 5.73 Å². The molecule has 0 radical (unpaired) electrons. The van der Waals surface area contributed by atoms with Crippen molar-refractivity contribution in [1.82, 2.24) is 5.48 Å². The van der Waals surface area contributed by atoms with Crippen LogP contribution >= 0.6 is 7.82 Å². The van der Waals surface area contributed by atoms with Crippen LogP contribution in [-0.4, -0.2) is 172 Å². The van der Waals surface area contributed by atoms with Crippen molar-refractivity contribution in [2.45, 2.75) is 19.8 Å². The van der Waals surface area contributed by atoms with Gasteiger partial charge in [-0.05, 0) is 6.42 Å². The van der Waals surface area contributed by atoms with E-state index in [0.717, 1.165) is 12.8 Å². The molecule has 0 saturated carbocycles. The Morgan fingerprint density at radius 2 is 1.72 bits per heavy atom. The predicted molar refractivity (Wildman–Crippen MR) is 84.6 cm³/mol. The third-order valence-electron chi connectivity index (χ3n) is 1.18. The van der Waals surface area contributed by atoms with Gasteiger partial charge in [0.25, 0.3) is 0 Å². The SMILES string of the molecule is CCCCOP(=O)(O)ONCCN.[NaH].[NaH].[NaH].[NaH].[NaH]. The fraction of sp³-hybridized carbons (Fsp3) is 1.00. The first kappa shape index (κ1) is 38.5. The molecular weight excluding hydrogens is 310 g/mol. The number of phosphoric acid groups is 1. The van der Waals surface area contributed by atoms with E-state index < -0.39 is 7.82 Å². The Morgan fingerprint density at radius 1 is 1.22 bits per heavy atom. The number of nitrogens with one attached hydrogen (secondary N) is 1. The van der Waals surface area contributed by atoms with Gasteiger partial charge in [-0.2, -0.15) is 10.1 Å². The van der Waals surface area contributed by atoms with Crippen LogP contribution in [0, 0.1) is 0 Å². The standard InChI is InChI=1S/C6H17N2O4P.5Na.5H/c1-2-3-6-11-13(9,10)12-8-5-4-7;;;;;;;;;;/h8H,2-7H2,1H3,(H,9,10);;;;;;;;;;. The fourth-order valence-electron chi connectivity index (χ4n) is 0.537. The molecule has 0 aromatic heterocycles. The van der Waals surface area contributed by atoms with E-state index in [1.54, 1.807) is 0 Å². The van der Waals surface area contributed by atoms with Crippen LogP contribution in [0.3, 0.4) is 0 Å². The molecule has 0 aliphatic rings. The maximum absolute atomic E-state index is 11.0. The molecule has 90 valence electrons. The number of rotatable bonds is 8. The van der Waals surface area contributed by atoms with Crippen molar-refractivity contribution in [1.29, 1.82) is 0 Å². The second-order valence-corrected chi connectivity index (χ2v) is 3.81. The Bertz CT molecular complexity index is 168. The summed E-state index contributed by atoms with van der Waals surface area (Å²) in [6.07, 6.45) is 1.63. The quantitative estimate of drug-likeness (QED) is 0.192. The zero-order valence-corrected chi connectivity index (χ0v) is 8.63. The van der Waals surface area contributed by atoms with Gasteiger partial charge in [0.15, 0.2) is 0 Å². The molecule has 18 heavy (non-hydrogen) atoms. The molecule has 0 rings (SSSR count). The summed E-state index contributed by atoms with van der Waals surface area (Å²) in [7, 11) is -3.92. The predicted octanol–water partition coefficient (Wildman–Crippen LogP) is -2.86. The van der Waals surface area contributed by atoms with Gasteiger partial charge in [-0.15, -0.1) is 0 Å². The Hall–Kier alpha value is 5.03. The van der Waals surface area contributed by atoms with E-state index in [2.05, 4.69) is 14.6 Å². The molecule has 4 N–H and O–H groups in total.